The van der Waals surface area contributed by atoms with Crippen molar-refractivity contribution in [2.24, 2.45) is 5.41 Å². The third-order valence-electron chi connectivity index (χ3n) is 7.13. The molecule has 5 heterocycles. The Bertz CT molecular complexity index is 1400. The fraction of sp³-hybridized carbons (Fsp3) is 0.462. The van der Waals surface area contributed by atoms with E-state index in [-0.39, 0.29) is 30.5 Å². The number of hydrogen-bond acceptors (Lipinski definition) is 7. The number of pyridine rings is 2. The van der Waals surface area contributed by atoms with Crippen LogP contribution in [0.2, 0.25) is 0 Å². The Hall–Kier alpha value is -4.02. The van der Waals surface area contributed by atoms with E-state index in [1.807, 2.05) is 37.9 Å². The van der Waals surface area contributed by atoms with Crippen molar-refractivity contribution in [1.82, 2.24) is 29.6 Å². The Balaban J connectivity index is 1.51. The first kappa shape index (κ1) is 24.7. The highest BCUT2D eigenvalue weighted by atomic mass is 16.4. The van der Waals surface area contributed by atoms with Crippen LogP contribution in [0.1, 0.15) is 55.1 Å². The highest BCUT2D eigenvalue weighted by Crippen LogP contribution is 2.35. The minimum Gasteiger partial charge on any atom is -0.465 e. The van der Waals surface area contributed by atoms with Gasteiger partial charge in [0.2, 0.25) is 0 Å². The van der Waals surface area contributed by atoms with E-state index in [2.05, 4.69) is 28.6 Å². The summed E-state index contributed by atoms with van der Waals surface area (Å²) in [5, 5.41) is 18.2. The highest BCUT2D eigenvalue weighted by molar-refractivity contribution is 6.10. The maximum Gasteiger partial charge on any atom is 0.407 e. The third kappa shape index (κ3) is 4.38. The fourth-order valence-corrected chi connectivity index (χ4v) is 4.84. The molecule has 11 nitrogen and oxygen atoms in total. The molecule has 3 aromatic rings. The molecule has 3 aromatic heterocycles. The Morgan fingerprint density at radius 1 is 1.19 bits per heavy atom. The number of carbonyl (C=O) groups excluding carboxylic acids is 1. The molecule has 0 radical (unpaired) electrons. The molecule has 37 heavy (non-hydrogen) atoms. The number of carbonyl (C=O) groups is 2. The molecule has 0 unspecified atom stereocenters. The van der Waals surface area contributed by atoms with Crippen LogP contribution in [-0.4, -0.2) is 66.9 Å². The van der Waals surface area contributed by atoms with Crippen LogP contribution in [0.4, 0.5) is 16.4 Å². The van der Waals surface area contributed by atoms with Gasteiger partial charge in [0, 0.05) is 38.7 Å². The van der Waals surface area contributed by atoms with Crippen molar-refractivity contribution in [3.63, 3.8) is 0 Å². The van der Waals surface area contributed by atoms with Crippen molar-refractivity contribution >= 4 is 23.6 Å². The molecule has 0 bridgehead atoms. The number of anilines is 2. The Morgan fingerprint density at radius 3 is 2.65 bits per heavy atom. The first-order chi connectivity index (χ1) is 17.4. The number of rotatable bonds is 6. The van der Waals surface area contributed by atoms with Crippen molar-refractivity contribution in [1.29, 1.82) is 0 Å². The van der Waals surface area contributed by atoms with Gasteiger partial charge in [-0.15, -0.1) is 10.2 Å². The Morgan fingerprint density at radius 2 is 1.95 bits per heavy atom. The maximum absolute atomic E-state index is 13.7. The standard InChI is InChI=1S/C26H32N8O3/c1-15(2)32(6)21-10-16-17(19(28-21)13-31(5)25(36)37)12-33(24(16)35)20-9-7-8-18(27-20)23-30-29-22-11-26(3,4)14-34(22)23/h7-10,15H,11-14H2,1-6H3,(H,36,37). The average Bonchev–Trinajstić information content (AvgIpc) is 3.48. The molecule has 0 saturated heterocycles. The molecule has 2 aliphatic heterocycles. The van der Waals surface area contributed by atoms with E-state index in [0.29, 0.717) is 34.4 Å². The summed E-state index contributed by atoms with van der Waals surface area (Å²) < 4.78 is 2.10. The lowest BCUT2D eigenvalue weighted by atomic mass is 9.92. The molecular weight excluding hydrogens is 472 g/mol. The summed E-state index contributed by atoms with van der Waals surface area (Å²) in [5.74, 6) is 2.58. The van der Waals surface area contributed by atoms with Gasteiger partial charge >= 0.3 is 6.09 Å². The largest absolute Gasteiger partial charge is 0.465 e. The molecule has 194 valence electrons. The lowest BCUT2D eigenvalue weighted by molar-refractivity contribution is 0.0996. The van der Waals surface area contributed by atoms with E-state index in [0.717, 1.165) is 24.4 Å². The van der Waals surface area contributed by atoms with Crippen LogP contribution < -0.4 is 9.80 Å². The number of fused-ring (bicyclic) bond motifs is 2. The van der Waals surface area contributed by atoms with Crippen molar-refractivity contribution < 1.29 is 14.7 Å². The van der Waals surface area contributed by atoms with E-state index in [9.17, 15) is 14.7 Å². The second kappa shape index (κ2) is 8.82. The van der Waals surface area contributed by atoms with Gasteiger partial charge in [0.1, 0.15) is 23.2 Å². The van der Waals surface area contributed by atoms with Gasteiger partial charge in [-0.3, -0.25) is 9.69 Å². The molecule has 0 aromatic carbocycles. The molecule has 11 heteroatoms. The zero-order valence-corrected chi connectivity index (χ0v) is 22.1. The highest BCUT2D eigenvalue weighted by Gasteiger charge is 2.35. The van der Waals surface area contributed by atoms with Crippen LogP contribution in [-0.2, 0) is 26.1 Å². The van der Waals surface area contributed by atoms with Crippen molar-refractivity contribution in [2.45, 2.75) is 59.8 Å². The van der Waals surface area contributed by atoms with Gasteiger partial charge in [-0.1, -0.05) is 19.9 Å². The maximum atomic E-state index is 13.7. The number of carboxylic acid groups (broad SMARTS) is 1. The van der Waals surface area contributed by atoms with Gasteiger partial charge < -0.3 is 19.5 Å². The smallest absolute Gasteiger partial charge is 0.407 e. The molecule has 0 fully saturated rings. The van der Waals surface area contributed by atoms with Crippen LogP contribution in [0, 0.1) is 5.41 Å². The molecule has 0 saturated carbocycles. The molecule has 1 N–H and O–H groups in total. The summed E-state index contributed by atoms with van der Waals surface area (Å²) in [7, 11) is 3.40. The van der Waals surface area contributed by atoms with Gasteiger partial charge in [0.05, 0.1) is 24.3 Å². The molecule has 0 atom stereocenters. The monoisotopic (exact) mass is 504 g/mol. The van der Waals surface area contributed by atoms with Crippen LogP contribution in [0.25, 0.3) is 11.5 Å². The van der Waals surface area contributed by atoms with E-state index >= 15 is 0 Å². The summed E-state index contributed by atoms with van der Waals surface area (Å²) >= 11 is 0. The predicted molar refractivity (Wildman–Crippen MR) is 139 cm³/mol. The topological polar surface area (TPSA) is 121 Å². The van der Waals surface area contributed by atoms with E-state index in [4.69, 9.17) is 9.97 Å². The number of hydrogen-bond donors (Lipinski definition) is 1. The van der Waals surface area contributed by atoms with Gasteiger partial charge in [0.25, 0.3) is 5.91 Å². The quantitative estimate of drug-likeness (QED) is 0.542. The fourth-order valence-electron chi connectivity index (χ4n) is 4.84. The normalized spacial score (nSPS) is 15.8. The SMILES string of the molecule is CC(C)N(C)c1cc2c(c(CN(C)C(=O)O)n1)CN(c1cccc(-c3nnc4n3CC(C)(C)C4)n1)C2=O. The van der Waals surface area contributed by atoms with Crippen LogP contribution in [0.15, 0.2) is 24.3 Å². The van der Waals surface area contributed by atoms with Crippen LogP contribution in [0.3, 0.4) is 0 Å². The van der Waals surface area contributed by atoms with Crippen molar-refractivity contribution in [3.05, 3.63) is 46.9 Å². The van der Waals surface area contributed by atoms with Crippen molar-refractivity contribution in [2.75, 3.05) is 23.9 Å². The summed E-state index contributed by atoms with van der Waals surface area (Å²) in [5.41, 5.74) is 2.56. The summed E-state index contributed by atoms with van der Waals surface area (Å²) in [6, 6.07) is 7.49. The number of amides is 2. The second-order valence-corrected chi connectivity index (χ2v) is 10.9. The second-order valence-electron chi connectivity index (χ2n) is 10.9. The van der Waals surface area contributed by atoms with Crippen molar-refractivity contribution in [3.8, 4) is 11.5 Å². The van der Waals surface area contributed by atoms with Gasteiger partial charge in [0.15, 0.2) is 5.82 Å². The Kier molecular flexibility index (Phi) is 5.88. The zero-order chi connectivity index (χ0) is 26.6. The molecule has 5 rings (SSSR count). The van der Waals surface area contributed by atoms with Gasteiger partial charge in [-0.05, 0) is 37.5 Å². The van der Waals surface area contributed by atoms with E-state index in [1.54, 1.807) is 17.0 Å². The summed E-state index contributed by atoms with van der Waals surface area (Å²) in [6.07, 6.45) is -0.203. The van der Waals surface area contributed by atoms with Crippen LogP contribution in [0.5, 0.6) is 0 Å². The summed E-state index contributed by atoms with van der Waals surface area (Å²) in [4.78, 5) is 39.5. The predicted octanol–water partition coefficient (Wildman–Crippen LogP) is 3.43. The minimum absolute atomic E-state index is 0.0771. The first-order valence-electron chi connectivity index (χ1n) is 12.4. The number of nitrogens with zero attached hydrogens (tertiary/aromatic N) is 8. The van der Waals surface area contributed by atoms with Gasteiger partial charge in [-0.2, -0.15) is 0 Å². The molecule has 0 aliphatic carbocycles. The van der Waals surface area contributed by atoms with Crippen LogP contribution >= 0.6 is 0 Å². The lowest BCUT2D eigenvalue weighted by Gasteiger charge is -2.24. The third-order valence-corrected chi connectivity index (χ3v) is 7.13. The first-order valence-corrected chi connectivity index (χ1v) is 12.4. The minimum atomic E-state index is -1.06. The van der Waals surface area contributed by atoms with E-state index < -0.39 is 6.09 Å². The van der Waals surface area contributed by atoms with E-state index in [1.165, 1.54) is 11.9 Å². The molecule has 2 amide bonds. The Labute approximate surface area is 215 Å². The zero-order valence-electron chi connectivity index (χ0n) is 22.1. The molecular formula is C26H32N8O3. The molecule has 0 spiro atoms. The average molecular weight is 505 g/mol. The van der Waals surface area contributed by atoms with Gasteiger partial charge in [-0.25, -0.2) is 14.8 Å². The summed E-state index contributed by atoms with van der Waals surface area (Å²) in [6.45, 7) is 9.61. The molecule has 2 aliphatic rings. The lowest BCUT2D eigenvalue weighted by Crippen LogP contribution is -2.29. The number of aromatic nitrogens is 5.